The third kappa shape index (κ3) is 3.81. The van der Waals surface area contributed by atoms with Gasteiger partial charge in [-0.25, -0.2) is 9.59 Å². The summed E-state index contributed by atoms with van der Waals surface area (Å²) < 4.78 is 16.3. The molecule has 2 aromatic rings. The van der Waals surface area contributed by atoms with Crippen LogP contribution in [0.5, 0.6) is 0 Å². The fourth-order valence-electron chi connectivity index (χ4n) is 2.48. The number of esters is 2. The van der Waals surface area contributed by atoms with Gasteiger partial charge in [-0.1, -0.05) is 43.3 Å². The van der Waals surface area contributed by atoms with E-state index in [2.05, 4.69) is 0 Å². The average Bonchev–Trinajstić information content (AvgIpc) is 2.95. The van der Waals surface area contributed by atoms with Gasteiger partial charge in [0.05, 0.1) is 11.1 Å². The van der Waals surface area contributed by atoms with Crippen LogP contribution in [0.2, 0.25) is 0 Å². The molecule has 1 heterocycles. The number of hydrogen-bond donors (Lipinski definition) is 0. The van der Waals surface area contributed by atoms with Crippen molar-refractivity contribution < 1.29 is 23.8 Å². The van der Waals surface area contributed by atoms with Crippen molar-refractivity contribution in [2.45, 2.75) is 25.9 Å². The van der Waals surface area contributed by atoms with Crippen molar-refractivity contribution >= 4 is 11.9 Å². The number of ether oxygens (including phenoxy) is 3. The Bertz CT molecular complexity index is 698. The summed E-state index contributed by atoms with van der Waals surface area (Å²) in [6, 6.07) is 17.4. The maximum atomic E-state index is 12.1. The van der Waals surface area contributed by atoms with E-state index in [1.807, 2.05) is 19.1 Å². The van der Waals surface area contributed by atoms with Gasteiger partial charge >= 0.3 is 11.9 Å². The summed E-state index contributed by atoms with van der Waals surface area (Å²) in [6.07, 6.45) is -0.974. The topological polar surface area (TPSA) is 61.8 Å². The van der Waals surface area contributed by atoms with E-state index in [1.165, 1.54) is 0 Å². The minimum Gasteiger partial charge on any atom is -0.432 e. The summed E-state index contributed by atoms with van der Waals surface area (Å²) in [5.74, 6) is -0.975. The zero-order chi connectivity index (χ0) is 16.9. The Kier molecular flexibility index (Phi) is 4.91. The monoisotopic (exact) mass is 326 g/mol. The lowest BCUT2D eigenvalue weighted by Gasteiger charge is -2.16. The quantitative estimate of drug-likeness (QED) is 0.806. The van der Waals surface area contributed by atoms with Crippen molar-refractivity contribution in [1.29, 1.82) is 0 Å². The zero-order valence-electron chi connectivity index (χ0n) is 13.3. The summed E-state index contributed by atoms with van der Waals surface area (Å²) in [6.45, 7) is 1.89. The summed E-state index contributed by atoms with van der Waals surface area (Å²) in [5, 5.41) is 0. The highest BCUT2D eigenvalue weighted by molar-refractivity contribution is 5.90. The second-order valence-electron chi connectivity index (χ2n) is 5.69. The maximum absolute atomic E-state index is 12.1. The molecule has 3 atom stereocenters. The highest BCUT2D eigenvalue weighted by Gasteiger charge is 2.37. The number of benzene rings is 2. The highest BCUT2D eigenvalue weighted by atomic mass is 16.8. The molecule has 0 saturated carbocycles. The van der Waals surface area contributed by atoms with E-state index in [1.54, 1.807) is 48.5 Å². The van der Waals surface area contributed by atoms with Crippen molar-refractivity contribution in [2.24, 2.45) is 5.92 Å². The molecule has 3 rings (SSSR count). The molecule has 0 spiro atoms. The Labute approximate surface area is 140 Å². The van der Waals surface area contributed by atoms with E-state index in [0.29, 0.717) is 17.5 Å². The van der Waals surface area contributed by atoms with Crippen molar-refractivity contribution in [3.05, 3.63) is 71.8 Å². The number of carbonyl (C=O) groups is 2. The average molecular weight is 326 g/mol. The summed E-state index contributed by atoms with van der Waals surface area (Å²) in [5.41, 5.74) is 0.913. The van der Waals surface area contributed by atoms with Crippen LogP contribution in [0.25, 0.3) is 0 Å². The van der Waals surface area contributed by atoms with Crippen LogP contribution in [0.1, 0.15) is 34.1 Å². The first-order valence-corrected chi connectivity index (χ1v) is 7.81. The predicted molar refractivity (Wildman–Crippen MR) is 86.2 cm³/mol. The Morgan fingerprint density at radius 1 is 0.875 bits per heavy atom. The van der Waals surface area contributed by atoms with Gasteiger partial charge in [0.2, 0.25) is 12.6 Å². The van der Waals surface area contributed by atoms with Crippen molar-refractivity contribution in [3.8, 4) is 0 Å². The molecule has 1 aliphatic rings. The molecule has 5 nitrogen and oxygen atoms in total. The number of carbonyl (C=O) groups excluding carboxylic acids is 2. The van der Waals surface area contributed by atoms with Gasteiger partial charge in [-0.2, -0.15) is 0 Å². The molecule has 0 aromatic heterocycles. The van der Waals surface area contributed by atoms with Gasteiger partial charge in [-0.3, -0.25) is 0 Å². The molecule has 124 valence electrons. The van der Waals surface area contributed by atoms with Gasteiger partial charge in [0.15, 0.2) is 0 Å². The fourth-order valence-corrected chi connectivity index (χ4v) is 2.48. The summed E-state index contributed by atoms with van der Waals surface area (Å²) in [4.78, 5) is 24.1. The fraction of sp³-hybridized carbons (Fsp3) is 0.263. The van der Waals surface area contributed by atoms with E-state index < -0.39 is 24.5 Å². The first kappa shape index (κ1) is 16.2. The molecule has 0 bridgehead atoms. The van der Waals surface area contributed by atoms with Crippen LogP contribution >= 0.6 is 0 Å². The molecular weight excluding hydrogens is 308 g/mol. The van der Waals surface area contributed by atoms with Crippen LogP contribution in [-0.2, 0) is 14.2 Å². The third-order valence-electron chi connectivity index (χ3n) is 3.80. The van der Waals surface area contributed by atoms with Crippen LogP contribution in [0.15, 0.2) is 60.7 Å². The zero-order valence-corrected chi connectivity index (χ0v) is 13.3. The van der Waals surface area contributed by atoms with E-state index in [-0.39, 0.29) is 5.92 Å². The molecule has 1 fully saturated rings. The lowest BCUT2D eigenvalue weighted by atomic mass is 10.1. The highest BCUT2D eigenvalue weighted by Crippen LogP contribution is 2.29. The molecule has 0 unspecified atom stereocenters. The normalized spacial score (nSPS) is 22.8. The number of rotatable bonds is 4. The van der Waals surface area contributed by atoms with Crippen LogP contribution in [0.3, 0.4) is 0 Å². The molecule has 0 radical (unpaired) electrons. The van der Waals surface area contributed by atoms with Crippen molar-refractivity contribution in [1.82, 2.24) is 0 Å². The standard InChI is InChI=1S/C19H18O5/c1-13-12-16(22-17(20)14-8-4-2-5-9-14)23-19(13)24-18(21)15-10-6-3-7-11-15/h2-11,13,16,19H,12H2,1H3/t13-,16-,19-/m0/s1. The van der Waals surface area contributed by atoms with Crippen molar-refractivity contribution in [3.63, 3.8) is 0 Å². The predicted octanol–water partition coefficient (Wildman–Crippen LogP) is 3.41. The Balaban J connectivity index is 1.57. The van der Waals surface area contributed by atoms with Gasteiger partial charge < -0.3 is 14.2 Å². The van der Waals surface area contributed by atoms with Gasteiger partial charge in [-0.15, -0.1) is 0 Å². The molecule has 0 aliphatic carbocycles. The molecule has 0 amide bonds. The van der Waals surface area contributed by atoms with E-state index in [0.717, 1.165) is 0 Å². The SMILES string of the molecule is C[C@H]1C[C@@H](OC(=O)c2ccccc2)O[C@H]1OC(=O)c1ccccc1. The van der Waals surface area contributed by atoms with Crippen LogP contribution < -0.4 is 0 Å². The second-order valence-corrected chi connectivity index (χ2v) is 5.69. The molecular formula is C19H18O5. The van der Waals surface area contributed by atoms with Gasteiger partial charge in [0.1, 0.15) is 0 Å². The first-order chi connectivity index (χ1) is 11.6. The molecule has 1 saturated heterocycles. The van der Waals surface area contributed by atoms with Gasteiger partial charge in [0.25, 0.3) is 0 Å². The van der Waals surface area contributed by atoms with E-state index in [9.17, 15) is 9.59 Å². The molecule has 2 aromatic carbocycles. The van der Waals surface area contributed by atoms with Crippen LogP contribution in [-0.4, -0.2) is 24.5 Å². The van der Waals surface area contributed by atoms with Gasteiger partial charge in [-0.05, 0) is 24.3 Å². The first-order valence-electron chi connectivity index (χ1n) is 7.81. The van der Waals surface area contributed by atoms with Crippen LogP contribution in [0.4, 0.5) is 0 Å². The Morgan fingerprint density at radius 3 is 1.92 bits per heavy atom. The smallest absolute Gasteiger partial charge is 0.340 e. The minimum absolute atomic E-state index is 0.0637. The maximum Gasteiger partial charge on any atom is 0.340 e. The Hall–Kier alpha value is -2.66. The molecule has 0 N–H and O–H groups in total. The minimum atomic E-state index is -0.730. The second kappa shape index (κ2) is 7.27. The van der Waals surface area contributed by atoms with Crippen molar-refractivity contribution in [2.75, 3.05) is 0 Å². The van der Waals surface area contributed by atoms with E-state index >= 15 is 0 Å². The molecule has 1 aliphatic heterocycles. The van der Waals surface area contributed by atoms with Gasteiger partial charge in [0, 0.05) is 12.3 Å². The lowest BCUT2D eigenvalue weighted by molar-refractivity contribution is -0.171. The van der Waals surface area contributed by atoms with E-state index in [4.69, 9.17) is 14.2 Å². The summed E-state index contributed by atoms with van der Waals surface area (Å²) >= 11 is 0. The number of hydrogen-bond acceptors (Lipinski definition) is 5. The molecule has 24 heavy (non-hydrogen) atoms. The summed E-state index contributed by atoms with van der Waals surface area (Å²) in [7, 11) is 0. The lowest BCUT2D eigenvalue weighted by Crippen LogP contribution is -2.24. The largest absolute Gasteiger partial charge is 0.432 e. The third-order valence-corrected chi connectivity index (χ3v) is 3.80. The Morgan fingerprint density at radius 2 is 1.38 bits per heavy atom. The van der Waals surface area contributed by atoms with Crippen LogP contribution in [0, 0.1) is 5.92 Å². The molecule has 5 heteroatoms.